The van der Waals surface area contributed by atoms with Gasteiger partial charge >= 0.3 is 5.97 Å². The van der Waals surface area contributed by atoms with Gasteiger partial charge in [-0.3, -0.25) is 9.69 Å². The summed E-state index contributed by atoms with van der Waals surface area (Å²) in [5.41, 5.74) is 5.61. The summed E-state index contributed by atoms with van der Waals surface area (Å²) in [6.45, 7) is 4.13. The smallest absolute Gasteiger partial charge is 0.306 e. The number of pyridine rings is 1. The van der Waals surface area contributed by atoms with E-state index >= 15 is 4.39 Å². The zero-order chi connectivity index (χ0) is 29.0. The van der Waals surface area contributed by atoms with E-state index in [1.165, 1.54) is 13.3 Å². The molecule has 4 aliphatic rings. The second-order valence-electron chi connectivity index (χ2n) is 12.4. The Kier molecular flexibility index (Phi) is 7.14. The average Bonchev–Trinajstić information content (AvgIpc) is 3.61. The molecule has 2 aromatic carbocycles. The normalized spacial score (nSPS) is 24.6. The van der Waals surface area contributed by atoms with Gasteiger partial charge in [-0.2, -0.15) is 0 Å². The van der Waals surface area contributed by atoms with Crippen molar-refractivity contribution in [2.24, 2.45) is 11.8 Å². The monoisotopic (exact) mass is 572 g/mol. The van der Waals surface area contributed by atoms with E-state index in [-0.39, 0.29) is 23.9 Å². The largest absolute Gasteiger partial charge is 0.485 e. The Hall–Kier alpha value is -3.49. The highest BCUT2D eigenvalue weighted by Crippen LogP contribution is 2.48. The molecular formula is C34H37FN2O5. The van der Waals surface area contributed by atoms with Crippen LogP contribution in [0.2, 0.25) is 0 Å². The van der Waals surface area contributed by atoms with Gasteiger partial charge in [-0.25, -0.2) is 9.37 Å². The van der Waals surface area contributed by atoms with Gasteiger partial charge in [-0.15, -0.1) is 0 Å². The minimum absolute atomic E-state index is 0.00492. The van der Waals surface area contributed by atoms with Crippen molar-refractivity contribution in [2.45, 2.75) is 69.7 Å². The minimum Gasteiger partial charge on any atom is -0.485 e. The lowest BCUT2D eigenvalue weighted by molar-refractivity contribution is -0.142. The van der Waals surface area contributed by atoms with Crippen LogP contribution in [-0.4, -0.2) is 53.4 Å². The minimum atomic E-state index is -0.753. The molecule has 5 atom stereocenters. The van der Waals surface area contributed by atoms with Gasteiger partial charge in [0.2, 0.25) is 5.88 Å². The molecule has 7 nitrogen and oxygen atoms in total. The molecule has 3 aromatic rings. The maximum atomic E-state index is 15.1. The fraction of sp³-hybridized carbons (Fsp3) is 0.471. The Morgan fingerprint density at radius 3 is 2.74 bits per heavy atom. The van der Waals surface area contributed by atoms with E-state index in [0.29, 0.717) is 29.9 Å². The molecule has 42 heavy (non-hydrogen) atoms. The Labute approximate surface area is 245 Å². The highest BCUT2D eigenvalue weighted by Gasteiger charge is 2.40. The van der Waals surface area contributed by atoms with E-state index in [9.17, 15) is 9.90 Å². The number of methoxy groups -OCH3 is 1. The van der Waals surface area contributed by atoms with Crippen molar-refractivity contribution in [3.05, 3.63) is 76.7 Å². The maximum absolute atomic E-state index is 15.1. The zero-order valence-electron chi connectivity index (χ0n) is 24.1. The lowest BCUT2D eigenvalue weighted by Crippen LogP contribution is -2.36. The molecule has 1 aromatic heterocycles. The molecule has 3 fully saturated rings. The van der Waals surface area contributed by atoms with E-state index in [1.807, 2.05) is 19.1 Å². The van der Waals surface area contributed by atoms with Crippen molar-refractivity contribution in [1.82, 2.24) is 9.88 Å². The van der Waals surface area contributed by atoms with E-state index in [2.05, 4.69) is 34.1 Å². The molecule has 0 spiro atoms. The highest BCUT2D eigenvalue weighted by molar-refractivity contribution is 5.71. The summed E-state index contributed by atoms with van der Waals surface area (Å²) in [4.78, 5) is 18.4. The Balaban J connectivity index is 1.20. The number of aryl methyl sites for hydroxylation is 1. The van der Waals surface area contributed by atoms with Crippen molar-refractivity contribution in [2.75, 3.05) is 20.3 Å². The van der Waals surface area contributed by atoms with E-state index in [1.54, 1.807) is 6.07 Å². The predicted octanol–water partition coefficient (Wildman–Crippen LogP) is 6.15. The molecular weight excluding hydrogens is 535 g/mol. The van der Waals surface area contributed by atoms with Crippen LogP contribution >= 0.6 is 0 Å². The summed E-state index contributed by atoms with van der Waals surface area (Å²) in [6, 6.07) is 14.6. The van der Waals surface area contributed by atoms with E-state index in [4.69, 9.17) is 14.2 Å². The molecule has 1 N–H and O–H groups in total. The fourth-order valence-corrected chi connectivity index (χ4v) is 7.24. The van der Waals surface area contributed by atoms with Crippen LogP contribution in [0.5, 0.6) is 11.6 Å². The first-order valence-corrected chi connectivity index (χ1v) is 15.1. The predicted molar refractivity (Wildman–Crippen MR) is 155 cm³/mol. The average molecular weight is 573 g/mol. The number of ether oxygens (including phenoxy) is 3. The van der Waals surface area contributed by atoms with Crippen LogP contribution in [0.15, 0.2) is 48.7 Å². The standard InChI is InChI=1S/C34H37FN2O5/c1-19(34(38)39)33(21-4-5-21)23-6-3-20-8-10-30(42-31(20)12-23)22-7-9-27(28-14-32(40-2)36-15-29(28)35)24(11-22)16-37-17-26-13-25(37)18-41-26/h3,6-7,9,11-12,14-15,19,21,25-26,30,33H,4-5,8,10,13,16-18H2,1-2H3,(H,38,39)/t19-,25?,26?,30?,33-/m0/s1. The van der Waals surface area contributed by atoms with Crippen LogP contribution in [0, 0.1) is 17.7 Å². The number of carbonyl (C=O) groups is 1. The zero-order valence-corrected chi connectivity index (χ0v) is 24.1. The lowest BCUT2D eigenvalue weighted by Gasteiger charge is -2.30. The molecule has 7 rings (SSSR count). The van der Waals surface area contributed by atoms with Crippen molar-refractivity contribution in [3.63, 3.8) is 0 Å². The first-order chi connectivity index (χ1) is 20.4. The van der Waals surface area contributed by atoms with Gasteiger partial charge in [-0.1, -0.05) is 37.3 Å². The number of hydrogen-bond donors (Lipinski definition) is 1. The molecule has 1 aliphatic carbocycles. The fourth-order valence-electron chi connectivity index (χ4n) is 7.24. The summed E-state index contributed by atoms with van der Waals surface area (Å²) in [6.07, 6.45) is 6.25. The molecule has 8 heteroatoms. The molecule has 1 saturated carbocycles. The molecule has 0 radical (unpaired) electrons. The lowest BCUT2D eigenvalue weighted by atomic mass is 9.82. The summed E-state index contributed by atoms with van der Waals surface area (Å²) in [5, 5.41) is 9.76. The number of halogens is 1. The van der Waals surface area contributed by atoms with Crippen LogP contribution in [0.4, 0.5) is 4.39 Å². The first-order valence-electron chi connectivity index (χ1n) is 15.1. The van der Waals surface area contributed by atoms with Gasteiger partial charge < -0.3 is 19.3 Å². The number of rotatable bonds is 9. The third kappa shape index (κ3) is 5.15. The number of hydrogen-bond acceptors (Lipinski definition) is 6. The molecule has 4 heterocycles. The maximum Gasteiger partial charge on any atom is 0.306 e. The van der Waals surface area contributed by atoms with Crippen molar-refractivity contribution in [3.8, 4) is 22.8 Å². The number of aromatic nitrogens is 1. The number of benzene rings is 2. The number of carboxylic acids is 1. The number of nitrogens with zero attached hydrogens (tertiary/aromatic N) is 2. The number of aliphatic carboxylic acids is 1. The van der Waals surface area contributed by atoms with Gasteiger partial charge in [0, 0.05) is 30.8 Å². The third-order valence-corrected chi connectivity index (χ3v) is 9.70. The van der Waals surface area contributed by atoms with Crippen LogP contribution < -0.4 is 9.47 Å². The number of carboxylic acid groups (broad SMARTS) is 1. The molecule has 220 valence electrons. The Morgan fingerprint density at radius 2 is 2.02 bits per heavy atom. The van der Waals surface area contributed by atoms with Gasteiger partial charge in [0.25, 0.3) is 0 Å². The molecule has 3 aliphatic heterocycles. The van der Waals surface area contributed by atoms with Crippen LogP contribution in [0.25, 0.3) is 11.1 Å². The van der Waals surface area contributed by atoms with Gasteiger partial charge in [0.05, 0.1) is 31.9 Å². The summed E-state index contributed by atoms with van der Waals surface area (Å²) in [5.74, 6) is 0.0564. The van der Waals surface area contributed by atoms with Gasteiger partial charge in [0.15, 0.2) is 0 Å². The first kappa shape index (κ1) is 27.3. The third-order valence-electron chi connectivity index (χ3n) is 9.70. The van der Waals surface area contributed by atoms with Crippen LogP contribution in [0.1, 0.15) is 66.9 Å². The topological polar surface area (TPSA) is 81.1 Å². The Morgan fingerprint density at radius 1 is 1.17 bits per heavy atom. The van der Waals surface area contributed by atoms with Gasteiger partial charge in [0.1, 0.15) is 17.7 Å². The molecule has 0 amide bonds. The Bertz CT molecular complexity index is 1510. The summed E-state index contributed by atoms with van der Waals surface area (Å²) >= 11 is 0. The summed E-state index contributed by atoms with van der Waals surface area (Å²) in [7, 11) is 1.54. The van der Waals surface area contributed by atoms with Crippen molar-refractivity contribution in [1.29, 1.82) is 0 Å². The summed E-state index contributed by atoms with van der Waals surface area (Å²) < 4.78 is 32.9. The number of fused-ring (bicyclic) bond motifs is 3. The van der Waals surface area contributed by atoms with Gasteiger partial charge in [-0.05, 0) is 77.8 Å². The van der Waals surface area contributed by atoms with E-state index < -0.39 is 11.9 Å². The molecule has 2 bridgehead atoms. The molecule has 2 saturated heterocycles. The second kappa shape index (κ2) is 11.0. The van der Waals surface area contributed by atoms with Crippen molar-refractivity contribution < 1.29 is 28.5 Å². The quantitative estimate of drug-likeness (QED) is 0.329. The number of morpholine rings is 1. The molecule has 3 unspecified atom stereocenters. The van der Waals surface area contributed by atoms with Crippen LogP contribution in [0.3, 0.4) is 0 Å². The van der Waals surface area contributed by atoms with E-state index in [0.717, 1.165) is 78.8 Å². The van der Waals surface area contributed by atoms with Crippen LogP contribution in [-0.2, 0) is 22.5 Å². The second-order valence-corrected chi connectivity index (χ2v) is 12.4. The van der Waals surface area contributed by atoms with Crippen molar-refractivity contribution >= 4 is 5.97 Å². The number of likely N-dealkylation sites (tertiary alicyclic amines) is 1. The SMILES string of the molecule is COc1cc(-c2ccc(C3CCc4ccc([C@H](C5CC5)[C@H](C)C(=O)O)cc4O3)cc2CN2CC3CC2CO3)c(F)cn1. The highest BCUT2D eigenvalue weighted by atomic mass is 19.1.